The molecule has 6 nitrogen and oxygen atoms in total. The Morgan fingerprint density at radius 1 is 1.21 bits per heavy atom. The van der Waals surface area contributed by atoms with E-state index in [1.165, 1.54) is 17.0 Å². The van der Waals surface area contributed by atoms with Gasteiger partial charge in [0.05, 0.1) is 11.4 Å². The van der Waals surface area contributed by atoms with Gasteiger partial charge in [0.25, 0.3) is 5.91 Å². The first-order chi connectivity index (χ1) is 15.9. The molecule has 0 atom stereocenters. The Kier molecular flexibility index (Phi) is 7.00. The van der Waals surface area contributed by atoms with Crippen molar-refractivity contribution >= 4 is 46.2 Å². The van der Waals surface area contributed by atoms with Crippen LogP contribution in [0.3, 0.4) is 0 Å². The lowest BCUT2D eigenvalue weighted by molar-refractivity contribution is -0.124. The molecular weight excluding hydrogens is 461 g/mol. The SMILES string of the molecule is Cc1ccc(-c2cc(CNC(=O)CCN3C(=O)/C(=C/c4ccc(F)cc4)SC3=S)on2)cc1. The monoisotopic (exact) mass is 481 g/mol. The number of rotatable bonds is 7. The molecule has 0 saturated carbocycles. The normalized spacial score (nSPS) is 14.8. The van der Waals surface area contributed by atoms with E-state index in [2.05, 4.69) is 10.5 Å². The van der Waals surface area contributed by atoms with Gasteiger partial charge in [-0.1, -0.05) is 71.1 Å². The predicted molar refractivity (Wildman–Crippen MR) is 129 cm³/mol. The highest BCUT2D eigenvalue weighted by Gasteiger charge is 2.32. The van der Waals surface area contributed by atoms with E-state index in [1.54, 1.807) is 24.3 Å². The summed E-state index contributed by atoms with van der Waals surface area (Å²) in [5.41, 5.74) is 3.49. The van der Waals surface area contributed by atoms with Crippen LogP contribution >= 0.6 is 24.0 Å². The van der Waals surface area contributed by atoms with Gasteiger partial charge in [-0.2, -0.15) is 0 Å². The molecular formula is C24H20FN3O3S2. The average molecular weight is 482 g/mol. The molecule has 1 aromatic heterocycles. The first-order valence-corrected chi connectivity index (χ1v) is 11.4. The summed E-state index contributed by atoms with van der Waals surface area (Å²) in [5.74, 6) is -0.311. The Bertz CT molecular complexity index is 1220. The first kappa shape index (κ1) is 22.9. The highest BCUT2D eigenvalue weighted by molar-refractivity contribution is 8.26. The van der Waals surface area contributed by atoms with Crippen molar-refractivity contribution in [1.29, 1.82) is 0 Å². The number of carbonyl (C=O) groups excluding carboxylic acids is 2. The molecule has 3 aromatic rings. The summed E-state index contributed by atoms with van der Waals surface area (Å²) in [6.45, 7) is 2.38. The number of aryl methyl sites for hydroxylation is 1. The Morgan fingerprint density at radius 3 is 2.67 bits per heavy atom. The lowest BCUT2D eigenvalue weighted by atomic mass is 10.1. The van der Waals surface area contributed by atoms with Crippen LogP contribution in [0.4, 0.5) is 4.39 Å². The van der Waals surface area contributed by atoms with Crippen molar-refractivity contribution in [3.8, 4) is 11.3 Å². The number of benzene rings is 2. The largest absolute Gasteiger partial charge is 0.359 e. The maximum Gasteiger partial charge on any atom is 0.266 e. The second-order valence-electron chi connectivity index (χ2n) is 7.46. The molecule has 0 unspecified atom stereocenters. The topological polar surface area (TPSA) is 75.4 Å². The van der Waals surface area contributed by atoms with Crippen LogP contribution in [0, 0.1) is 12.7 Å². The van der Waals surface area contributed by atoms with Crippen molar-refractivity contribution in [1.82, 2.24) is 15.4 Å². The summed E-state index contributed by atoms with van der Waals surface area (Å²) in [7, 11) is 0. The van der Waals surface area contributed by atoms with E-state index < -0.39 is 0 Å². The van der Waals surface area contributed by atoms with E-state index >= 15 is 0 Å². The Morgan fingerprint density at radius 2 is 1.94 bits per heavy atom. The number of amides is 2. The molecule has 1 aliphatic rings. The van der Waals surface area contributed by atoms with E-state index in [0.717, 1.165) is 22.9 Å². The van der Waals surface area contributed by atoms with Gasteiger partial charge in [-0.25, -0.2) is 4.39 Å². The molecule has 0 radical (unpaired) electrons. The van der Waals surface area contributed by atoms with E-state index in [-0.39, 0.29) is 37.1 Å². The van der Waals surface area contributed by atoms with Crippen molar-refractivity contribution in [2.24, 2.45) is 0 Å². The quantitative estimate of drug-likeness (QED) is 0.390. The molecule has 2 amide bonds. The van der Waals surface area contributed by atoms with Crippen LogP contribution in [-0.4, -0.2) is 32.7 Å². The molecule has 1 aliphatic heterocycles. The molecule has 1 N–H and O–H groups in total. The zero-order valence-corrected chi connectivity index (χ0v) is 19.3. The molecule has 4 rings (SSSR count). The predicted octanol–water partition coefficient (Wildman–Crippen LogP) is 4.70. The lowest BCUT2D eigenvalue weighted by Gasteiger charge is -2.13. The number of nitrogens with one attached hydrogen (secondary N) is 1. The Labute approximate surface area is 199 Å². The van der Waals surface area contributed by atoms with Gasteiger partial charge in [-0.05, 0) is 30.7 Å². The second kappa shape index (κ2) is 10.1. The molecule has 1 saturated heterocycles. The van der Waals surface area contributed by atoms with Crippen LogP contribution in [0.5, 0.6) is 0 Å². The Balaban J connectivity index is 1.28. The van der Waals surface area contributed by atoms with Crippen LogP contribution in [0.25, 0.3) is 17.3 Å². The van der Waals surface area contributed by atoms with E-state index in [1.807, 2.05) is 31.2 Å². The fourth-order valence-electron chi connectivity index (χ4n) is 3.15. The molecule has 0 spiro atoms. The van der Waals surface area contributed by atoms with Crippen molar-refractivity contribution in [3.63, 3.8) is 0 Å². The summed E-state index contributed by atoms with van der Waals surface area (Å²) in [4.78, 5) is 26.8. The highest BCUT2D eigenvalue weighted by atomic mass is 32.2. The molecule has 9 heteroatoms. The number of thiocarbonyl (C=S) groups is 1. The van der Waals surface area contributed by atoms with Crippen LogP contribution in [0.15, 0.2) is 64.0 Å². The average Bonchev–Trinajstić information content (AvgIpc) is 3.38. The molecule has 0 bridgehead atoms. The number of nitrogens with zero attached hydrogens (tertiary/aromatic N) is 2. The number of halogens is 1. The van der Waals surface area contributed by atoms with Gasteiger partial charge in [0.1, 0.15) is 15.8 Å². The number of hydrogen-bond acceptors (Lipinski definition) is 6. The van der Waals surface area contributed by atoms with Gasteiger partial charge in [-0.3, -0.25) is 14.5 Å². The minimum Gasteiger partial charge on any atom is -0.359 e. The molecule has 0 aliphatic carbocycles. The van der Waals surface area contributed by atoms with Crippen LogP contribution in [-0.2, 0) is 16.1 Å². The minimum absolute atomic E-state index is 0.0925. The number of carbonyl (C=O) groups is 2. The van der Waals surface area contributed by atoms with Gasteiger partial charge in [0, 0.05) is 24.6 Å². The van der Waals surface area contributed by atoms with Crippen LogP contribution in [0.1, 0.15) is 23.3 Å². The third-order valence-corrected chi connectivity index (χ3v) is 6.35. The molecule has 33 heavy (non-hydrogen) atoms. The summed E-state index contributed by atoms with van der Waals surface area (Å²) >= 11 is 6.46. The van der Waals surface area contributed by atoms with Gasteiger partial charge in [0.2, 0.25) is 5.91 Å². The minimum atomic E-state index is -0.345. The smallest absolute Gasteiger partial charge is 0.266 e. The molecule has 2 aromatic carbocycles. The molecule has 2 heterocycles. The zero-order valence-electron chi connectivity index (χ0n) is 17.7. The molecule has 168 valence electrons. The van der Waals surface area contributed by atoms with Crippen molar-refractivity contribution in [3.05, 3.63) is 82.2 Å². The fraction of sp³-hybridized carbons (Fsp3) is 0.167. The maximum absolute atomic E-state index is 13.1. The first-order valence-electron chi connectivity index (χ1n) is 10.2. The van der Waals surface area contributed by atoms with E-state index in [0.29, 0.717) is 26.2 Å². The third kappa shape index (κ3) is 5.74. The van der Waals surface area contributed by atoms with E-state index in [9.17, 15) is 14.0 Å². The van der Waals surface area contributed by atoms with Gasteiger partial charge in [-0.15, -0.1) is 0 Å². The number of aromatic nitrogens is 1. The van der Waals surface area contributed by atoms with Crippen LogP contribution < -0.4 is 5.32 Å². The summed E-state index contributed by atoms with van der Waals surface area (Å²) in [6, 6.07) is 15.5. The standard InChI is InChI=1S/C24H20FN3O3S2/c1-15-2-6-17(7-3-15)20-13-19(31-27-20)14-26-22(29)10-11-28-23(30)21(33-24(28)32)12-16-4-8-18(25)9-5-16/h2-9,12-13H,10-11,14H2,1H3,(H,26,29)/b21-12-. The Hall–Kier alpha value is -3.30. The summed E-state index contributed by atoms with van der Waals surface area (Å²) in [6.07, 6.45) is 1.75. The zero-order chi connectivity index (χ0) is 23.4. The van der Waals surface area contributed by atoms with Crippen molar-refractivity contribution in [2.75, 3.05) is 6.54 Å². The van der Waals surface area contributed by atoms with Gasteiger partial charge in [0.15, 0.2) is 5.76 Å². The summed E-state index contributed by atoms with van der Waals surface area (Å²) in [5, 5.41) is 6.82. The highest BCUT2D eigenvalue weighted by Crippen LogP contribution is 2.32. The van der Waals surface area contributed by atoms with E-state index in [4.69, 9.17) is 16.7 Å². The molecule has 1 fully saturated rings. The third-order valence-electron chi connectivity index (χ3n) is 4.97. The van der Waals surface area contributed by atoms with Gasteiger partial charge < -0.3 is 9.84 Å². The number of hydrogen-bond donors (Lipinski definition) is 1. The fourth-order valence-corrected chi connectivity index (χ4v) is 4.46. The lowest BCUT2D eigenvalue weighted by Crippen LogP contribution is -2.33. The van der Waals surface area contributed by atoms with Crippen molar-refractivity contribution < 1.29 is 18.5 Å². The maximum atomic E-state index is 13.1. The van der Waals surface area contributed by atoms with Gasteiger partial charge >= 0.3 is 0 Å². The number of thioether (sulfide) groups is 1. The van der Waals surface area contributed by atoms with Crippen molar-refractivity contribution in [2.45, 2.75) is 19.9 Å². The summed E-state index contributed by atoms with van der Waals surface area (Å²) < 4.78 is 18.8. The second-order valence-corrected chi connectivity index (χ2v) is 9.13. The van der Waals surface area contributed by atoms with Crippen LogP contribution in [0.2, 0.25) is 0 Å².